The summed E-state index contributed by atoms with van der Waals surface area (Å²) >= 11 is 6.17. The molecule has 4 nitrogen and oxygen atoms in total. The van der Waals surface area contributed by atoms with E-state index in [9.17, 15) is 4.79 Å². The molecule has 0 saturated heterocycles. The molecule has 0 spiro atoms. The zero-order valence-corrected chi connectivity index (χ0v) is 14.2. The fraction of sp³-hybridized carbons (Fsp3) is 0.412. The monoisotopic (exact) mass is 319 g/mol. The van der Waals surface area contributed by atoms with Gasteiger partial charge in [0.15, 0.2) is 0 Å². The highest BCUT2D eigenvalue weighted by molar-refractivity contribution is 6.31. The molecule has 0 bridgehead atoms. The Kier molecular flexibility index (Phi) is 5.24. The highest BCUT2D eigenvalue weighted by Gasteiger charge is 2.14. The lowest BCUT2D eigenvalue weighted by atomic mass is 10.0. The summed E-state index contributed by atoms with van der Waals surface area (Å²) in [6.07, 6.45) is 1.70. The third kappa shape index (κ3) is 3.33. The topological polar surface area (TPSA) is 46.9 Å². The van der Waals surface area contributed by atoms with Crippen molar-refractivity contribution in [3.8, 4) is 5.69 Å². The van der Waals surface area contributed by atoms with E-state index in [1.807, 2.05) is 56.6 Å². The number of aromatic nitrogens is 2. The normalized spacial score (nSPS) is 11.0. The van der Waals surface area contributed by atoms with E-state index in [0.29, 0.717) is 5.02 Å². The van der Waals surface area contributed by atoms with Crippen molar-refractivity contribution >= 4 is 23.2 Å². The molecule has 5 heteroatoms. The molecule has 0 aliphatic heterocycles. The van der Waals surface area contributed by atoms with E-state index in [1.165, 1.54) is 0 Å². The summed E-state index contributed by atoms with van der Waals surface area (Å²) in [6, 6.07) is 7.64. The first-order chi connectivity index (χ1) is 10.5. The number of carbonyl (C=O) groups is 1. The third-order valence-electron chi connectivity index (χ3n) is 3.94. The molecule has 2 aromatic rings. The fourth-order valence-corrected chi connectivity index (χ4v) is 2.58. The van der Waals surface area contributed by atoms with Gasteiger partial charge in [0, 0.05) is 11.6 Å². The van der Waals surface area contributed by atoms with Crippen LogP contribution in [0.4, 0.5) is 5.69 Å². The second-order valence-electron chi connectivity index (χ2n) is 5.45. The van der Waals surface area contributed by atoms with Gasteiger partial charge in [0.1, 0.15) is 0 Å². The molecule has 0 aliphatic rings. The van der Waals surface area contributed by atoms with Crippen LogP contribution in [-0.2, 0) is 4.79 Å². The predicted octanol–water partition coefficient (Wildman–Crippen LogP) is 4.52. The first kappa shape index (κ1) is 16.6. The van der Waals surface area contributed by atoms with Crippen molar-refractivity contribution in [2.45, 2.75) is 40.5 Å². The van der Waals surface area contributed by atoms with E-state index in [2.05, 4.69) is 10.4 Å². The minimum absolute atomic E-state index is 0.0643. The Bertz CT molecular complexity index is 657. The van der Waals surface area contributed by atoms with Gasteiger partial charge in [-0.3, -0.25) is 4.79 Å². The molecule has 1 aromatic carbocycles. The number of anilines is 1. The molecule has 2 rings (SSSR count). The van der Waals surface area contributed by atoms with Crippen LogP contribution in [0.5, 0.6) is 0 Å². The van der Waals surface area contributed by atoms with Crippen molar-refractivity contribution in [3.05, 3.63) is 40.7 Å². The summed E-state index contributed by atoms with van der Waals surface area (Å²) in [5.74, 6) is 0.140. The lowest BCUT2D eigenvalue weighted by molar-refractivity contribution is -0.120. The number of nitrogens with one attached hydrogen (secondary N) is 1. The number of aryl methyl sites for hydroxylation is 1. The summed E-state index contributed by atoms with van der Waals surface area (Å²) in [6.45, 7) is 7.88. The highest BCUT2D eigenvalue weighted by Crippen LogP contribution is 2.23. The number of hydrogen-bond acceptors (Lipinski definition) is 2. The Labute approximate surface area is 136 Å². The van der Waals surface area contributed by atoms with Crippen LogP contribution in [0.15, 0.2) is 24.3 Å². The first-order valence-electron chi connectivity index (χ1n) is 7.60. The smallest absolute Gasteiger partial charge is 0.227 e. The van der Waals surface area contributed by atoms with Gasteiger partial charge >= 0.3 is 0 Å². The maximum atomic E-state index is 12.1. The van der Waals surface area contributed by atoms with Gasteiger partial charge in [-0.2, -0.15) is 5.10 Å². The number of rotatable bonds is 5. The van der Waals surface area contributed by atoms with Gasteiger partial charge < -0.3 is 5.32 Å². The van der Waals surface area contributed by atoms with Crippen LogP contribution in [0.2, 0.25) is 5.02 Å². The number of nitrogens with zero attached hydrogens (tertiary/aromatic N) is 2. The maximum absolute atomic E-state index is 12.1. The van der Waals surface area contributed by atoms with Crippen LogP contribution in [0.1, 0.15) is 38.1 Å². The summed E-state index contributed by atoms with van der Waals surface area (Å²) in [7, 11) is 0. The van der Waals surface area contributed by atoms with Crippen molar-refractivity contribution in [1.82, 2.24) is 9.78 Å². The van der Waals surface area contributed by atoms with Crippen LogP contribution in [0, 0.1) is 19.8 Å². The quantitative estimate of drug-likeness (QED) is 0.881. The summed E-state index contributed by atoms with van der Waals surface area (Å²) in [4.78, 5) is 12.1. The molecule has 118 valence electrons. The predicted molar refractivity (Wildman–Crippen MR) is 90.7 cm³/mol. The molecule has 0 radical (unpaired) electrons. The van der Waals surface area contributed by atoms with E-state index in [0.717, 1.165) is 35.6 Å². The molecule has 0 aliphatic carbocycles. The number of hydrogen-bond donors (Lipinski definition) is 1. The minimum Gasteiger partial charge on any atom is -0.326 e. The molecular formula is C17H22ClN3O. The van der Waals surface area contributed by atoms with Crippen molar-refractivity contribution in [1.29, 1.82) is 0 Å². The van der Waals surface area contributed by atoms with E-state index >= 15 is 0 Å². The summed E-state index contributed by atoms with van der Waals surface area (Å²) in [5, 5.41) is 8.07. The highest BCUT2D eigenvalue weighted by atomic mass is 35.5. The van der Waals surface area contributed by atoms with Gasteiger partial charge in [0.2, 0.25) is 5.91 Å². The van der Waals surface area contributed by atoms with Crippen LogP contribution in [0.25, 0.3) is 5.69 Å². The fourth-order valence-electron chi connectivity index (χ4n) is 2.46. The molecule has 0 unspecified atom stereocenters. The Morgan fingerprint density at radius 2 is 1.82 bits per heavy atom. The Hall–Kier alpha value is -1.81. The Morgan fingerprint density at radius 1 is 1.23 bits per heavy atom. The standard InChI is InChI=1S/C17H22ClN3O/c1-5-13(6-2)17(22)19-14-7-9-15(10-8-14)21-12(4)16(18)11(3)20-21/h7-10,13H,5-6H2,1-4H3,(H,19,22). The molecule has 0 saturated carbocycles. The van der Waals surface area contributed by atoms with Gasteiger partial charge in [-0.25, -0.2) is 4.68 Å². The number of halogens is 1. The van der Waals surface area contributed by atoms with Crippen LogP contribution in [0.3, 0.4) is 0 Å². The number of amides is 1. The third-order valence-corrected chi connectivity index (χ3v) is 4.49. The number of benzene rings is 1. The molecule has 1 amide bonds. The van der Waals surface area contributed by atoms with Crippen molar-refractivity contribution in [2.24, 2.45) is 5.92 Å². The van der Waals surface area contributed by atoms with Crippen molar-refractivity contribution < 1.29 is 4.79 Å². The lowest BCUT2D eigenvalue weighted by Gasteiger charge is -2.13. The van der Waals surface area contributed by atoms with Crippen LogP contribution < -0.4 is 5.32 Å². The van der Waals surface area contributed by atoms with Crippen molar-refractivity contribution in [3.63, 3.8) is 0 Å². The molecule has 0 atom stereocenters. The summed E-state index contributed by atoms with van der Waals surface area (Å²) < 4.78 is 1.81. The lowest BCUT2D eigenvalue weighted by Crippen LogP contribution is -2.21. The average molecular weight is 320 g/mol. The SMILES string of the molecule is CCC(CC)C(=O)Nc1ccc(-n2nc(C)c(Cl)c2C)cc1. The van der Waals surface area contributed by atoms with E-state index < -0.39 is 0 Å². The van der Waals surface area contributed by atoms with E-state index in [1.54, 1.807) is 0 Å². The maximum Gasteiger partial charge on any atom is 0.227 e. The molecule has 1 N–H and O–H groups in total. The zero-order valence-electron chi connectivity index (χ0n) is 13.5. The summed E-state index contributed by atoms with van der Waals surface area (Å²) in [5.41, 5.74) is 3.44. The molecule has 1 aromatic heterocycles. The largest absolute Gasteiger partial charge is 0.326 e. The molecule has 22 heavy (non-hydrogen) atoms. The Morgan fingerprint density at radius 3 is 2.27 bits per heavy atom. The van der Waals surface area contributed by atoms with E-state index in [-0.39, 0.29) is 11.8 Å². The van der Waals surface area contributed by atoms with Gasteiger partial charge in [-0.1, -0.05) is 25.4 Å². The van der Waals surface area contributed by atoms with Crippen molar-refractivity contribution in [2.75, 3.05) is 5.32 Å². The second kappa shape index (κ2) is 6.97. The first-order valence-corrected chi connectivity index (χ1v) is 7.98. The number of carbonyl (C=O) groups excluding carboxylic acids is 1. The zero-order chi connectivity index (χ0) is 16.3. The van der Waals surface area contributed by atoms with E-state index in [4.69, 9.17) is 11.6 Å². The van der Waals surface area contributed by atoms with Crippen LogP contribution >= 0.6 is 11.6 Å². The molecule has 1 heterocycles. The second-order valence-corrected chi connectivity index (χ2v) is 5.82. The van der Waals surface area contributed by atoms with Gasteiger partial charge in [0.25, 0.3) is 0 Å². The molecule has 0 fully saturated rings. The van der Waals surface area contributed by atoms with Gasteiger partial charge in [-0.05, 0) is 51.0 Å². The Balaban J connectivity index is 2.17. The van der Waals surface area contributed by atoms with Gasteiger partial charge in [0.05, 0.1) is 22.1 Å². The molecular weight excluding hydrogens is 298 g/mol. The minimum atomic E-state index is 0.0643. The van der Waals surface area contributed by atoms with Crippen LogP contribution in [-0.4, -0.2) is 15.7 Å². The average Bonchev–Trinajstić information content (AvgIpc) is 2.77. The van der Waals surface area contributed by atoms with Gasteiger partial charge in [-0.15, -0.1) is 0 Å².